The zero-order valence-corrected chi connectivity index (χ0v) is 17.7. The summed E-state index contributed by atoms with van der Waals surface area (Å²) in [6.45, 7) is 4.52. The number of methoxy groups -OCH3 is 2. The maximum absolute atomic E-state index is 11.7. The van der Waals surface area contributed by atoms with Crippen LogP contribution in [0.4, 0.5) is 0 Å². The fraction of sp³-hybridized carbons (Fsp3) is 0.348. The molecule has 0 radical (unpaired) electrons. The molecule has 158 valence electrons. The summed E-state index contributed by atoms with van der Waals surface area (Å²) in [4.78, 5) is 28.3. The lowest BCUT2D eigenvalue weighted by molar-refractivity contribution is -0.143. The van der Waals surface area contributed by atoms with Crippen LogP contribution in [0.2, 0.25) is 0 Å². The SMILES string of the molecule is COC(=O)[C@H](C)NCc1cccc2cc3cccc(CN[C@@H](C)C(=O)OC)c3nc12. The summed E-state index contributed by atoms with van der Waals surface area (Å²) in [5, 5.41) is 8.43. The highest BCUT2D eigenvalue weighted by atomic mass is 16.5. The molecule has 3 rings (SSSR count). The Kier molecular flexibility index (Phi) is 6.97. The number of hydrogen-bond acceptors (Lipinski definition) is 7. The Hall–Kier alpha value is -3.03. The molecular weight excluding hydrogens is 382 g/mol. The number of pyridine rings is 1. The van der Waals surface area contributed by atoms with E-state index >= 15 is 0 Å². The van der Waals surface area contributed by atoms with E-state index in [1.165, 1.54) is 14.2 Å². The van der Waals surface area contributed by atoms with E-state index in [1.54, 1.807) is 13.8 Å². The standard InChI is InChI=1S/C23H27N3O4/c1-14(22(27)29-3)24-12-18-9-5-7-16-11-17-8-6-10-19(21(17)26-20(16)18)13-25-15(2)23(28)30-4/h5-11,14-15,24-25H,12-13H2,1-4H3/t14-,15-/m0/s1. The van der Waals surface area contributed by atoms with Crippen molar-refractivity contribution in [3.63, 3.8) is 0 Å². The summed E-state index contributed by atoms with van der Waals surface area (Å²) in [5.41, 5.74) is 3.75. The molecule has 0 aliphatic heterocycles. The van der Waals surface area contributed by atoms with Gasteiger partial charge in [-0.25, -0.2) is 4.98 Å². The van der Waals surface area contributed by atoms with Crippen LogP contribution in [0.25, 0.3) is 21.8 Å². The average molecular weight is 409 g/mol. The maximum atomic E-state index is 11.7. The third-order valence-corrected chi connectivity index (χ3v) is 5.14. The Morgan fingerprint density at radius 2 is 1.27 bits per heavy atom. The van der Waals surface area contributed by atoms with Crippen molar-refractivity contribution in [2.45, 2.75) is 39.0 Å². The molecule has 0 aliphatic carbocycles. The number of rotatable bonds is 8. The average Bonchev–Trinajstić information content (AvgIpc) is 2.78. The fourth-order valence-corrected chi connectivity index (χ4v) is 3.34. The minimum absolute atomic E-state index is 0.304. The van der Waals surface area contributed by atoms with Crippen LogP contribution >= 0.6 is 0 Å². The number of esters is 2. The van der Waals surface area contributed by atoms with E-state index in [4.69, 9.17) is 14.5 Å². The number of nitrogens with one attached hydrogen (secondary N) is 2. The number of benzene rings is 2. The summed E-state index contributed by atoms with van der Waals surface area (Å²) in [7, 11) is 2.76. The van der Waals surface area contributed by atoms with Gasteiger partial charge in [0.1, 0.15) is 12.1 Å². The van der Waals surface area contributed by atoms with Gasteiger partial charge in [-0.05, 0) is 31.0 Å². The van der Waals surface area contributed by atoms with Crippen molar-refractivity contribution in [2.24, 2.45) is 0 Å². The van der Waals surface area contributed by atoms with Gasteiger partial charge < -0.3 is 20.1 Å². The second-order valence-corrected chi connectivity index (χ2v) is 7.22. The van der Waals surface area contributed by atoms with Crippen molar-refractivity contribution in [3.8, 4) is 0 Å². The van der Waals surface area contributed by atoms with Crippen LogP contribution in [0.5, 0.6) is 0 Å². The minimum Gasteiger partial charge on any atom is -0.468 e. The van der Waals surface area contributed by atoms with Gasteiger partial charge in [-0.1, -0.05) is 36.4 Å². The molecule has 0 aliphatic rings. The Morgan fingerprint density at radius 1 is 0.833 bits per heavy atom. The zero-order chi connectivity index (χ0) is 21.7. The Morgan fingerprint density at radius 3 is 1.67 bits per heavy atom. The maximum Gasteiger partial charge on any atom is 0.322 e. The van der Waals surface area contributed by atoms with Crippen molar-refractivity contribution in [1.82, 2.24) is 15.6 Å². The lowest BCUT2D eigenvalue weighted by Gasteiger charge is -2.15. The number of carbonyl (C=O) groups excluding carboxylic acids is 2. The first-order valence-electron chi connectivity index (χ1n) is 9.87. The molecule has 2 aromatic carbocycles. The Balaban J connectivity index is 1.92. The molecule has 0 bridgehead atoms. The number of ether oxygens (including phenoxy) is 2. The van der Waals surface area contributed by atoms with E-state index < -0.39 is 12.1 Å². The van der Waals surface area contributed by atoms with E-state index in [-0.39, 0.29) is 11.9 Å². The molecule has 1 aromatic heterocycles. The minimum atomic E-state index is -0.412. The van der Waals surface area contributed by atoms with E-state index in [1.807, 2.05) is 36.4 Å². The molecule has 0 saturated carbocycles. The molecule has 2 atom stereocenters. The van der Waals surface area contributed by atoms with Crippen molar-refractivity contribution >= 4 is 33.7 Å². The van der Waals surface area contributed by atoms with Gasteiger partial charge in [0.25, 0.3) is 0 Å². The van der Waals surface area contributed by atoms with Gasteiger partial charge in [-0.15, -0.1) is 0 Å². The summed E-state index contributed by atoms with van der Waals surface area (Å²) in [6.07, 6.45) is 0. The summed E-state index contributed by atoms with van der Waals surface area (Å²) in [5.74, 6) is -0.608. The van der Waals surface area contributed by atoms with Gasteiger partial charge in [0.05, 0.1) is 25.3 Å². The lowest BCUT2D eigenvalue weighted by atomic mass is 10.0. The highest BCUT2D eigenvalue weighted by Gasteiger charge is 2.15. The van der Waals surface area contributed by atoms with Crippen LogP contribution in [0.1, 0.15) is 25.0 Å². The lowest BCUT2D eigenvalue weighted by Crippen LogP contribution is -2.34. The molecule has 2 N–H and O–H groups in total. The quantitative estimate of drug-likeness (QED) is 0.437. The first kappa shape index (κ1) is 21.7. The highest BCUT2D eigenvalue weighted by molar-refractivity contribution is 5.95. The van der Waals surface area contributed by atoms with Gasteiger partial charge in [0.2, 0.25) is 0 Å². The number of hydrogen-bond donors (Lipinski definition) is 2. The number of para-hydroxylation sites is 2. The summed E-state index contributed by atoms with van der Waals surface area (Å²) >= 11 is 0. The van der Waals surface area contributed by atoms with Gasteiger partial charge in [0.15, 0.2) is 0 Å². The third kappa shape index (κ3) is 4.75. The van der Waals surface area contributed by atoms with Crippen LogP contribution in [-0.4, -0.2) is 43.2 Å². The normalized spacial score (nSPS) is 13.2. The molecule has 30 heavy (non-hydrogen) atoms. The van der Waals surface area contributed by atoms with Crippen molar-refractivity contribution in [3.05, 3.63) is 53.6 Å². The fourth-order valence-electron chi connectivity index (χ4n) is 3.34. The summed E-state index contributed by atoms with van der Waals surface area (Å²) < 4.78 is 9.55. The second kappa shape index (κ2) is 9.65. The third-order valence-electron chi connectivity index (χ3n) is 5.14. The van der Waals surface area contributed by atoms with Crippen LogP contribution < -0.4 is 10.6 Å². The number of aromatic nitrogens is 1. The molecule has 0 fully saturated rings. The van der Waals surface area contributed by atoms with Crippen molar-refractivity contribution in [2.75, 3.05) is 14.2 Å². The van der Waals surface area contributed by atoms with E-state index in [9.17, 15) is 9.59 Å². The predicted octanol–water partition coefficient (Wildman–Crippen LogP) is 2.69. The number of carbonyl (C=O) groups is 2. The highest BCUT2D eigenvalue weighted by Crippen LogP contribution is 2.25. The largest absolute Gasteiger partial charge is 0.468 e. The molecule has 0 unspecified atom stereocenters. The number of fused-ring (bicyclic) bond motifs is 2. The van der Waals surface area contributed by atoms with Gasteiger partial charge in [-0.2, -0.15) is 0 Å². The molecule has 1 heterocycles. The predicted molar refractivity (Wildman–Crippen MR) is 116 cm³/mol. The molecule has 0 amide bonds. The molecule has 7 heteroatoms. The number of nitrogens with zero attached hydrogens (tertiary/aromatic N) is 1. The van der Waals surface area contributed by atoms with Gasteiger partial charge in [0, 0.05) is 23.9 Å². The van der Waals surface area contributed by atoms with Crippen LogP contribution in [0.3, 0.4) is 0 Å². The van der Waals surface area contributed by atoms with E-state index in [0.29, 0.717) is 13.1 Å². The zero-order valence-electron chi connectivity index (χ0n) is 17.7. The van der Waals surface area contributed by atoms with Gasteiger partial charge in [-0.3, -0.25) is 9.59 Å². The molecule has 0 spiro atoms. The van der Waals surface area contributed by atoms with Crippen LogP contribution in [-0.2, 0) is 32.2 Å². The molecule has 0 saturated heterocycles. The molecule has 7 nitrogen and oxygen atoms in total. The second-order valence-electron chi connectivity index (χ2n) is 7.22. The first-order chi connectivity index (χ1) is 14.4. The van der Waals surface area contributed by atoms with Crippen molar-refractivity contribution < 1.29 is 19.1 Å². The van der Waals surface area contributed by atoms with Crippen LogP contribution in [0.15, 0.2) is 42.5 Å². The molecule has 3 aromatic rings. The van der Waals surface area contributed by atoms with E-state index in [0.717, 1.165) is 32.9 Å². The smallest absolute Gasteiger partial charge is 0.322 e. The van der Waals surface area contributed by atoms with E-state index in [2.05, 4.69) is 16.7 Å². The van der Waals surface area contributed by atoms with Gasteiger partial charge >= 0.3 is 11.9 Å². The van der Waals surface area contributed by atoms with Crippen molar-refractivity contribution in [1.29, 1.82) is 0 Å². The van der Waals surface area contributed by atoms with Crippen LogP contribution in [0, 0.1) is 0 Å². The molecular formula is C23H27N3O4. The first-order valence-corrected chi connectivity index (χ1v) is 9.87. The topological polar surface area (TPSA) is 89.6 Å². The monoisotopic (exact) mass is 409 g/mol. The Labute approximate surface area is 175 Å². The Bertz CT molecular complexity index is 986. The summed E-state index contributed by atoms with van der Waals surface area (Å²) in [6, 6.07) is 13.3.